The molecule has 0 saturated heterocycles. The molecule has 0 spiro atoms. The lowest BCUT2D eigenvalue weighted by molar-refractivity contribution is 0.0942. The molecule has 0 amide bonds. The number of nitrogens with zero attached hydrogens (tertiary/aromatic N) is 1. The molecule has 78 valence electrons. The van der Waals surface area contributed by atoms with E-state index in [1.165, 1.54) is 18.2 Å². The van der Waals surface area contributed by atoms with Gasteiger partial charge in [-0.1, -0.05) is 22.9 Å². The molecule has 1 aromatic rings. The van der Waals surface area contributed by atoms with Crippen LogP contribution in [-0.4, -0.2) is 5.78 Å². The average molecular weight is 270 g/mol. The molecule has 2 nitrogen and oxygen atoms in total. The van der Waals surface area contributed by atoms with E-state index >= 15 is 0 Å². The zero-order chi connectivity index (χ0) is 11.4. The Morgan fingerprint density at radius 2 is 2.33 bits per heavy atom. The van der Waals surface area contributed by atoms with Gasteiger partial charge in [-0.25, -0.2) is 4.39 Å². The van der Waals surface area contributed by atoms with Crippen molar-refractivity contribution in [1.29, 1.82) is 5.26 Å². The van der Waals surface area contributed by atoms with E-state index in [1.54, 1.807) is 6.92 Å². The summed E-state index contributed by atoms with van der Waals surface area (Å²) in [5, 5.41) is 8.71. The molecule has 15 heavy (non-hydrogen) atoms. The molecular formula is C11H9BrFNO. The van der Waals surface area contributed by atoms with Crippen LogP contribution in [0, 0.1) is 23.1 Å². The second kappa shape index (κ2) is 5.04. The smallest absolute Gasteiger partial charge is 0.182 e. The number of carbonyl (C=O) groups is 1. The van der Waals surface area contributed by atoms with Crippen molar-refractivity contribution in [3.05, 3.63) is 34.1 Å². The zero-order valence-electron chi connectivity index (χ0n) is 8.13. The molecule has 1 unspecified atom stereocenters. The lowest BCUT2D eigenvalue weighted by Crippen LogP contribution is -2.13. The summed E-state index contributed by atoms with van der Waals surface area (Å²) in [5.41, 5.74) is -0.0298. The van der Waals surface area contributed by atoms with Crippen LogP contribution in [-0.2, 0) is 0 Å². The summed E-state index contributed by atoms with van der Waals surface area (Å²) in [6.07, 6.45) is 0.390. The highest BCUT2D eigenvalue weighted by molar-refractivity contribution is 9.10. The van der Waals surface area contributed by atoms with Gasteiger partial charge in [0.1, 0.15) is 11.7 Å². The Bertz CT molecular complexity index is 425. The van der Waals surface area contributed by atoms with E-state index < -0.39 is 17.5 Å². The second-order valence-electron chi connectivity index (χ2n) is 3.08. The Hall–Kier alpha value is -1.21. The van der Waals surface area contributed by atoms with E-state index in [2.05, 4.69) is 15.9 Å². The van der Waals surface area contributed by atoms with Crippen molar-refractivity contribution in [2.75, 3.05) is 0 Å². The average Bonchev–Trinajstić information content (AvgIpc) is 2.23. The molecule has 0 radical (unpaired) electrons. The van der Waals surface area contributed by atoms with Crippen LogP contribution in [0.5, 0.6) is 0 Å². The van der Waals surface area contributed by atoms with Gasteiger partial charge in [0.15, 0.2) is 5.78 Å². The molecule has 4 heteroatoms. The molecule has 0 aliphatic carbocycles. The van der Waals surface area contributed by atoms with Gasteiger partial charge in [-0.2, -0.15) is 5.26 Å². The van der Waals surface area contributed by atoms with Crippen LogP contribution in [0.15, 0.2) is 22.7 Å². The molecule has 0 aromatic heterocycles. The lowest BCUT2D eigenvalue weighted by atomic mass is 9.96. The fraction of sp³-hybridized carbons (Fsp3) is 0.273. The van der Waals surface area contributed by atoms with Crippen molar-refractivity contribution < 1.29 is 9.18 Å². The zero-order valence-corrected chi connectivity index (χ0v) is 9.71. The summed E-state index contributed by atoms with van der Waals surface area (Å²) in [4.78, 5) is 11.7. The van der Waals surface area contributed by atoms with Crippen LogP contribution < -0.4 is 0 Å². The first-order chi connectivity index (χ1) is 7.10. The molecule has 0 fully saturated rings. The highest BCUT2D eigenvalue weighted by atomic mass is 79.9. The lowest BCUT2D eigenvalue weighted by Gasteiger charge is -2.06. The van der Waals surface area contributed by atoms with Crippen LogP contribution >= 0.6 is 15.9 Å². The first kappa shape index (κ1) is 11.9. The molecule has 0 aliphatic heterocycles. The molecular weight excluding hydrogens is 261 g/mol. The number of benzene rings is 1. The summed E-state index contributed by atoms with van der Waals surface area (Å²) >= 11 is 3.16. The third kappa shape index (κ3) is 2.63. The maximum absolute atomic E-state index is 13.3. The number of halogens is 2. The maximum atomic E-state index is 13.3. The van der Waals surface area contributed by atoms with Crippen molar-refractivity contribution in [1.82, 2.24) is 0 Å². The van der Waals surface area contributed by atoms with Crippen molar-refractivity contribution in [2.45, 2.75) is 13.3 Å². The van der Waals surface area contributed by atoms with Gasteiger partial charge in [0.05, 0.1) is 11.6 Å². The number of hydrogen-bond donors (Lipinski definition) is 0. The van der Waals surface area contributed by atoms with Crippen molar-refractivity contribution >= 4 is 21.7 Å². The Morgan fingerprint density at radius 3 is 2.87 bits per heavy atom. The Labute approximate surface area is 95.8 Å². The minimum absolute atomic E-state index is 0.0298. The highest BCUT2D eigenvalue weighted by Crippen LogP contribution is 2.19. The molecule has 1 rings (SSSR count). The number of nitriles is 1. The standard InChI is InChI=1S/C11H9BrFNO/c1-2-7(6-14)11(15)9-5-8(12)3-4-10(9)13/h3-5,7H,2H2,1H3. The Balaban J connectivity index is 3.11. The first-order valence-corrected chi connectivity index (χ1v) is 5.28. The molecule has 0 aliphatic rings. The van der Waals surface area contributed by atoms with E-state index in [-0.39, 0.29) is 5.56 Å². The molecule has 0 saturated carbocycles. The van der Waals surface area contributed by atoms with Crippen LogP contribution in [0.3, 0.4) is 0 Å². The van der Waals surface area contributed by atoms with Gasteiger partial charge in [0, 0.05) is 4.47 Å². The normalized spacial score (nSPS) is 11.9. The van der Waals surface area contributed by atoms with Crippen LogP contribution in [0.1, 0.15) is 23.7 Å². The van der Waals surface area contributed by atoms with Crippen LogP contribution in [0.25, 0.3) is 0 Å². The number of carbonyl (C=O) groups excluding carboxylic acids is 1. The summed E-state index contributed by atoms with van der Waals surface area (Å²) in [6.45, 7) is 1.72. The van der Waals surface area contributed by atoms with Gasteiger partial charge < -0.3 is 0 Å². The quantitative estimate of drug-likeness (QED) is 0.790. The van der Waals surface area contributed by atoms with E-state index in [1.807, 2.05) is 6.07 Å². The predicted octanol–water partition coefficient (Wildman–Crippen LogP) is 3.32. The molecule has 1 atom stereocenters. The summed E-state index contributed by atoms with van der Waals surface area (Å²) in [6, 6.07) is 5.99. The first-order valence-electron chi connectivity index (χ1n) is 4.49. The van der Waals surface area contributed by atoms with Crippen LogP contribution in [0.4, 0.5) is 4.39 Å². The van der Waals surface area contributed by atoms with Crippen molar-refractivity contribution in [3.8, 4) is 6.07 Å². The largest absolute Gasteiger partial charge is 0.293 e. The van der Waals surface area contributed by atoms with Crippen molar-refractivity contribution in [2.24, 2.45) is 5.92 Å². The fourth-order valence-electron chi connectivity index (χ4n) is 1.21. The van der Waals surface area contributed by atoms with E-state index in [4.69, 9.17) is 5.26 Å². The minimum Gasteiger partial charge on any atom is -0.293 e. The van der Waals surface area contributed by atoms with E-state index in [0.29, 0.717) is 10.9 Å². The topological polar surface area (TPSA) is 40.9 Å². The molecule has 0 bridgehead atoms. The van der Waals surface area contributed by atoms with Crippen molar-refractivity contribution in [3.63, 3.8) is 0 Å². The molecule has 0 N–H and O–H groups in total. The summed E-state index contributed by atoms with van der Waals surface area (Å²) in [5.74, 6) is -1.82. The SMILES string of the molecule is CCC(C#N)C(=O)c1cc(Br)ccc1F. The number of Topliss-reactive ketones (excluding diaryl/α,β-unsaturated/α-hetero) is 1. The monoisotopic (exact) mass is 269 g/mol. The summed E-state index contributed by atoms with van der Waals surface area (Å²) < 4.78 is 13.9. The fourth-order valence-corrected chi connectivity index (χ4v) is 1.57. The third-order valence-electron chi connectivity index (χ3n) is 2.07. The number of rotatable bonds is 3. The number of ketones is 1. The van der Waals surface area contributed by atoms with E-state index in [9.17, 15) is 9.18 Å². The minimum atomic E-state index is -0.770. The van der Waals surface area contributed by atoms with Gasteiger partial charge >= 0.3 is 0 Å². The van der Waals surface area contributed by atoms with Gasteiger partial charge in [-0.05, 0) is 24.6 Å². The van der Waals surface area contributed by atoms with E-state index in [0.717, 1.165) is 0 Å². The molecule has 0 heterocycles. The summed E-state index contributed by atoms with van der Waals surface area (Å²) in [7, 11) is 0. The number of hydrogen-bond acceptors (Lipinski definition) is 2. The maximum Gasteiger partial charge on any atom is 0.182 e. The van der Waals surface area contributed by atoms with Gasteiger partial charge in [0.2, 0.25) is 0 Å². The third-order valence-corrected chi connectivity index (χ3v) is 2.57. The van der Waals surface area contributed by atoms with Gasteiger partial charge in [-0.15, -0.1) is 0 Å². The predicted molar refractivity (Wildman–Crippen MR) is 57.8 cm³/mol. The highest BCUT2D eigenvalue weighted by Gasteiger charge is 2.20. The Kier molecular flexibility index (Phi) is 3.98. The van der Waals surface area contributed by atoms with Gasteiger partial charge in [0.25, 0.3) is 0 Å². The Morgan fingerprint density at radius 1 is 1.67 bits per heavy atom. The van der Waals surface area contributed by atoms with Gasteiger partial charge in [-0.3, -0.25) is 4.79 Å². The second-order valence-corrected chi connectivity index (χ2v) is 3.99. The molecule has 1 aromatic carbocycles. The van der Waals surface area contributed by atoms with Crippen LogP contribution in [0.2, 0.25) is 0 Å².